The number of nitrogens with zero attached hydrogens (tertiary/aromatic N) is 2. The molecular weight excluding hydrogens is 534 g/mol. The highest BCUT2D eigenvalue weighted by atomic mass is 79.9. The molecule has 1 aliphatic heterocycles. The summed E-state index contributed by atoms with van der Waals surface area (Å²) in [5, 5.41) is 3.93. The van der Waals surface area contributed by atoms with Gasteiger partial charge in [-0.25, -0.2) is 5.43 Å². The van der Waals surface area contributed by atoms with Crippen molar-refractivity contribution in [3.63, 3.8) is 0 Å². The Morgan fingerprint density at radius 1 is 1.06 bits per heavy atom. The Kier molecular flexibility index (Phi) is 8.86. The first-order valence-electron chi connectivity index (χ1n) is 9.49. The molecule has 1 aliphatic rings. The van der Waals surface area contributed by atoms with Gasteiger partial charge in [0.2, 0.25) is 0 Å². The fourth-order valence-corrected chi connectivity index (χ4v) is 3.42. The average molecular weight is 555 g/mol. The molecule has 10 heteroatoms. The van der Waals surface area contributed by atoms with E-state index in [1.807, 2.05) is 12.1 Å². The van der Waals surface area contributed by atoms with Gasteiger partial charge in [0.05, 0.1) is 23.9 Å². The number of ether oxygens (including phenoxy) is 3. The van der Waals surface area contributed by atoms with Gasteiger partial charge in [0, 0.05) is 17.6 Å². The van der Waals surface area contributed by atoms with E-state index >= 15 is 0 Å². The molecule has 0 bridgehead atoms. The molecule has 2 aromatic rings. The summed E-state index contributed by atoms with van der Waals surface area (Å²) in [5.74, 6) is 0.688. The van der Waals surface area contributed by atoms with E-state index in [0.29, 0.717) is 42.3 Å². The standard InChI is InChI=1S/C21H21Br2N3O5/c22-16-2-4-17(5-3-16)30-13-20(27)25-24-12-15-1-6-19(18(23)11-15)31-14-21(28)26-7-9-29-10-8-26/h1-6,11-12H,7-10,13-14H2,(H,25,27)/b24-12-. The number of amides is 2. The smallest absolute Gasteiger partial charge is 0.277 e. The lowest BCUT2D eigenvalue weighted by Gasteiger charge is -2.26. The molecule has 1 N–H and O–H groups in total. The second-order valence-electron chi connectivity index (χ2n) is 6.51. The molecule has 0 radical (unpaired) electrons. The van der Waals surface area contributed by atoms with Crippen LogP contribution in [0.3, 0.4) is 0 Å². The summed E-state index contributed by atoms with van der Waals surface area (Å²) in [6.07, 6.45) is 1.50. The van der Waals surface area contributed by atoms with E-state index in [-0.39, 0.29) is 25.0 Å². The third-order valence-corrected chi connectivity index (χ3v) is 5.41. The number of halogens is 2. The summed E-state index contributed by atoms with van der Waals surface area (Å²) >= 11 is 6.76. The molecule has 2 aromatic carbocycles. The number of hydrogen-bond donors (Lipinski definition) is 1. The van der Waals surface area contributed by atoms with Crippen LogP contribution in [-0.2, 0) is 14.3 Å². The number of nitrogens with one attached hydrogen (secondary N) is 1. The zero-order valence-corrected chi connectivity index (χ0v) is 19.7. The Morgan fingerprint density at radius 2 is 1.81 bits per heavy atom. The molecule has 2 amide bonds. The van der Waals surface area contributed by atoms with Crippen LogP contribution in [0.1, 0.15) is 5.56 Å². The predicted octanol–water partition coefficient (Wildman–Crippen LogP) is 2.98. The van der Waals surface area contributed by atoms with Gasteiger partial charge in [-0.15, -0.1) is 0 Å². The fourth-order valence-electron chi connectivity index (χ4n) is 2.65. The zero-order chi connectivity index (χ0) is 22.1. The largest absolute Gasteiger partial charge is 0.484 e. The molecule has 1 heterocycles. The van der Waals surface area contributed by atoms with Crippen molar-refractivity contribution in [3.8, 4) is 11.5 Å². The molecule has 1 saturated heterocycles. The van der Waals surface area contributed by atoms with Gasteiger partial charge in [-0.1, -0.05) is 15.9 Å². The van der Waals surface area contributed by atoms with E-state index in [4.69, 9.17) is 14.2 Å². The quantitative estimate of drug-likeness (QED) is 0.400. The number of morpholine rings is 1. The van der Waals surface area contributed by atoms with Gasteiger partial charge in [0.25, 0.3) is 11.8 Å². The summed E-state index contributed by atoms with van der Waals surface area (Å²) < 4.78 is 17.8. The minimum Gasteiger partial charge on any atom is -0.484 e. The third kappa shape index (κ3) is 7.64. The van der Waals surface area contributed by atoms with E-state index in [0.717, 1.165) is 10.0 Å². The lowest BCUT2D eigenvalue weighted by Crippen LogP contribution is -2.43. The molecule has 0 unspecified atom stereocenters. The molecular formula is C21H21Br2N3O5. The van der Waals surface area contributed by atoms with E-state index in [2.05, 4.69) is 42.4 Å². The molecule has 31 heavy (non-hydrogen) atoms. The molecule has 1 fully saturated rings. The maximum absolute atomic E-state index is 12.2. The first-order valence-corrected chi connectivity index (χ1v) is 11.1. The van der Waals surface area contributed by atoms with E-state index < -0.39 is 0 Å². The summed E-state index contributed by atoms with van der Waals surface area (Å²) in [5.41, 5.74) is 3.16. The van der Waals surface area contributed by atoms with Crippen molar-refractivity contribution < 1.29 is 23.8 Å². The molecule has 164 valence electrons. The van der Waals surface area contributed by atoms with Crippen molar-refractivity contribution >= 4 is 49.9 Å². The number of carbonyl (C=O) groups excluding carboxylic acids is 2. The SMILES string of the molecule is O=C(COc1ccc(Br)cc1)N/N=C\c1ccc(OCC(=O)N2CCOCC2)c(Br)c1. The third-order valence-electron chi connectivity index (χ3n) is 4.26. The first kappa shape index (κ1) is 23.2. The summed E-state index contributed by atoms with van der Waals surface area (Å²) in [7, 11) is 0. The van der Waals surface area contributed by atoms with E-state index in [9.17, 15) is 9.59 Å². The van der Waals surface area contributed by atoms with Crippen molar-refractivity contribution in [1.29, 1.82) is 0 Å². The van der Waals surface area contributed by atoms with Crippen molar-refractivity contribution in [2.75, 3.05) is 39.5 Å². The Morgan fingerprint density at radius 3 is 2.52 bits per heavy atom. The van der Waals surface area contributed by atoms with Crippen LogP contribution in [0, 0.1) is 0 Å². The van der Waals surface area contributed by atoms with Crippen molar-refractivity contribution in [3.05, 3.63) is 57.0 Å². The van der Waals surface area contributed by atoms with Crippen LogP contribution in [0.4, 0.5) is 0 Å². The number of rotatable bonds is 8. The molecule has 0 aromatic heterocycles. The number of hydrogen-bond acceptors (Lipinski definition) is 6. The van der Waals surface area contributed by atoms with E-state index in [1.165, 1.54) is 6.21 Å². The second-order valence-corrected chi connectivity index (χ2v) is 8.28. The van der Waals surface area contributed by atoms with Gasteiger partial charge in [-0.05, 0) is 64.0 Å². The van der Waals surface area contributed by atoms with Crippen LogP contribution in [-0.4, -0.2) is 62.4 Å². The summed E-state index contributed by atoms with van der Waals surface area (Å²) in [4.78, 5) is 25.7. The highest BCUT2D eigenvalue weighted by Crippen LogP contribution is 2.25. The van der Waals surface area contributed by atoms with Crippen LogP contribution in [0.5, 0.6) is 11.5 Å². The van der Waals surface area contributed by atoms with Gasteiger partial charge < -0.3 is 19.1 Å². The number of benzene rings is 2. The van der Waals surface area contributed by atoms with Gasteiger partial charge in [-0.2, -0.15) is 5.10 Å². The monoisotopic (exact) mass is 553 g/mol. The maximum Gasteiger partial charge on any atom is 0.277 e. The Labute approximate surface area is 196 Å². The van der Waals surface area contributed by atoms with Gasteiger partial charge >= 0.3 is 0 Å². The Balaban J connectivity index is 1.43. The Hall–Kier alpha value is -2.43. The van der Waals surface area contributed by atoms with Crippen LogP contribution in [0.15, 0.2) is 56.5 Å². The predicted molar refractivity (Wildman–Crippen MR) is 122 cm³/mol. The topological polar surface area (TPSA) is 89.5 Å². The molecule has 0 aliphatic carbocycles. The van der Waals surface area contributed by atoms with Crippen LogP contribution in [0.2, 0.25) is 0 Å². The molecule has 8 nitrogen and oxygen atoms in total. The van der Waals surface area contributed by atoms with Crippen LogP contribution in [0.25, 0.3) is 0 Å². The molecule has 0 spiro atoms. The van der Waals surface area contributed by atoms with Gasteiger partial charge in [-0.3, -0.25) is 9.59 Å². The zero-order valence-electron chi connectivity index (χ0n) is 16.6. The number of hydrazone groups is 1. The molecule has 3 rings (SSSR count). The maximum atomic E-state index is 12.2. The highest BCUT2D eigenvalue weighted by Gasteiger charge is 2.17. The van der Waals surface area contributed by atoms with E-state index in [1.54, 1.807) is 35.2 Å². The Bertz CT molecular complexity index is 931. The van der Waals surface area contributed by atoms with Crippen molar-refractivity contribution in [2.45, 2.75) is 0 Å². The molecule has 0 atom stereocenters. The number of carbonyl (C=O) groups is 2. The normalized spacial score (nSPS) is 13.8. The second kappa shape index (κ2) is 11.8. The average Bonchev–Trinajstić information content (AvgIpc) is 2.78. The van der Waals surface area contributed by atoms with Gasteiger partial charge in [0.1, 0.15) is 11.5 Å². The highest BCUT2D eigenvalue weighted by molar-refractivity contribution is 9.10. The minimum atomic E-state index is -0.375. The lowest BCUT2D eigenvalue weighted by atomic mass is 10.2. The fraction of sp³-hybridized carbons (Fsp3) is 0.286. The lowest BCUT2D eigenvalue weighted by molar-refractivity contribution is -0.137. The minimum absolute atomic E-state index is 0.0412. The van der Waals surface area contributed by atoms with Crippen molar-refractivity contribution in [2.24, 2.45) is 5.10 Å². The van der Waals surface area contributed by atoms with Crippen LogP contribution < -0.4 is 14.9 Å². The van der Waals surface area contributed by atoms with Crippen LogP contribution >= 0.6 is 31.9 Å². The summed E-state index contributed by atoms with van der Waals surface area (Å²) in [6.45, 7) is 2.08. The van der Waals surface area contributed by atoms with Gasteiger partial charge in [0.15, 0.2) is 13.2 Å². The summed E-state index contributed by atoms with van der Waals surface area (Å²) in [6, 6.07) is 12.5. The first-order chi connectivity index (χ1) is 15.0. The molecule has 0 saturated carbocycles. The van der Waals surface area contributed by atoms with Crippen molar-refractivity contribution in [1.82, 2.24) is 10.3 Å².